The zero-order valence-electron chi connectivity index (χ0n) is 10.1. The van der Waals surface area contributed by atoms with Crippen LogP contribution in [-0.4, -0.2) is 19.7 Å². The van der Waals surface area contributed by atoms with E-state index in [4.69, 9.17) is 0 Å². The molecule has 0 amide bonds. The zero-order valence-corrected chi connectivity index (χ0v) is 10.1. The minimum Gasteiger partial charge on any atom is -0.469 e. The fraction of sp³-hybridized carbons (Fsp3) is 0.417. The lowest BCUT2D eigenvalue weighted by Crippen LogP contribution is -2.05. The van der Waals surface area contributed by atoms with E-state index >= 15 is 0 Å². The first-order valence-electron chi connectivity index (χ1n) is 5.22. The number of esters is 1. The van der Waals surface area contributed by atoms with Gasteiger partial charge >= 0.3 is 12.6 Å². The van der Waals surface area contributed by atoms with Crippen molar-refractivity contribution in [1.29, 1.82) is 0 Å². The number of carbonyl (C=O) groups excluding carboxylic acids is 1. The second-order valence-corrected chi connectivity index (χ2v) is 2.78. The summed E-state index contributed by atoms with van der Waals surface area (Å²) in [6.45, 7) is 1.16. The zero-order chi connectivity index (χ0) is 13.3. The summed E-state index contributed by atoms with van der Waals surface area (Å²) in [6, 6.07) is 5.83. The Hall–Kier alpha value is -1.65. The predicted octanol–water partition coefficient (Wildman–Crippen LogP) is 3.03. The molecule has 0 N–H and O–H groups in total. The van der Waals surface area contributed by atoms with E-state index < -0.39 is 6.61 Å². The number of alkyl halides is 2. The summed E-state index contributed by atoms with van der Waals surface area (Å²) in [4.78, 5) is 10.9. The molecule has 0 saturated heterocycles. The predicted molar refractivity (Wildman–Crippen MR) is 60.1 cm³/mol. The van der Waals surface area contributed by atoms with E-state index in [0.717, 1.165) is 0 Å². The number of benzene rings is 1. The van der Waals surface area contributed by atoms with Gasteiger partial charge in [-0.05, 0) is 17.7 Å². The van der Waals surface area contributed by atoms with Crippen LogP contribution in [0.5, 0.6) is 5.75 Å². The van der Waals surface area contributed by atoms with Crippen LogP contribution in [0.1, 0.15) is 19.4 Å². The van der Waals surface area contributed by atoms with Gasteiger partial charge in [0.2, 0.25) is 0 Å². The van der Waals surface area contributed by atoms with Crippen molar-refractivity contribution in [1.82, 2.24) is 0 Å². The number of hydrogen-bond acceptors (Lipinski definition) is 3. The summed E-state index contributed by atoms with van der Waals surface area (Å²) in [5, 5.41) is 0. The first-order chi connectivity index (χ1) is 8.11. The van der Waals surface area contributed by atoms with Crippen molar-refractivity contribution >= 4 is 5.97 Å². The molecule has 1 rings (SSSR count). The molecule has 0 aliphatic heterocycles. The van der Waals surface area contributed by atoms with Crippen LogP contribution >= 0.6 is 0 Å². The molecule has 0 saturated carbocycles. The highest BCUT2D eigenvalue weighted by Gasteiger charge is 2.05. The fourth-order valence-corrected chi connectivity index (χ4v) is 1.03. The van der Waals surface area contributed by atoms with Gasteiger partial charge in [-0.15, -0.1) is 0 Å². The lowest BCUT2D eigenvalue weighted by molar-refractivity contribution is -0.139. The molecule has 1 aromatic rings. The third kappa shape index (κ3) is 6.50. The largest absolute Gasteiger partial charge is 0.469 e. The summed E-state index contributed by atoms with van der Waals surface area (Å²) in [5.74, 6) is -0.309. The number of halogens is 2. The Kier molecular flexibility index (Phi) is 7.67. The lowest BCUT2D eigenvalue weighted by Gasteiger charge is -2.05. The number of methoxy groups -OCH3 is 1. The minimum atomic E-state index is -2.84. The molecule has 3 nitrogen and oxygen atoms in total. The van der Waals surface area contributed by atoms with E-state index in [9.17, 15) is 13.6 Å². The molecule has 0 aliphatic rings. The van der Waals surface area contributed by atoms with Gasteiger partial charge in [0, 0.05) is 0 Å². The number of carbonyl (C=O) groups is 1. The normalized spacial score (nSPS) is 9.29. The average Bonchev–Trinajstić information content (AvgIpc) is 2.33. The maximum Gasteiger partial charge on any atom is 0.387 e. The smallest absolute Gasteiger partial charge is 0.387 e. The van der Waals surface area contributed by atoms with Crippen molar-refractivity contribution in [3.8, 4) is 5.75 Å². The summed E-state index contributed by atoms with van der Waals surface area (Å²) in [7, 11) is 1.29. The van der Waals surface area contributed by atoms with Crippen molar-refractivity contribution in [2.45, 2.75) is 26.9 Å². The van der Waals surface area contributed by atoms with Gasteiger partial charge in [0.15, 0.2) is 0 Å². The minimum absolute atomic E-state index is 0.0682. The highest BCUT2D eigenvalue weighted by atomic mass is 19.3. The average molecular weight is 246 g/mol. The van der Waals surface area contributed by atoms with Gasteiger partial charge in [-0.1, -0.05) is 26.0 Å². The van der Waals surface area contributed by atoms with E-state index in [0.29, 0.717) is 5.56 Å². The fourth-order valence-electron chi connectivity index (χ4n) is 1.03. The summed E-state index contributed by atoms with van der Waals surface area (Å²) in [5.41, 5.74) is 0.684. The Morgan fingerprint density at radius 2 is 1.76 bits per heavy atom. The van der Waals surface area contributed by atoms with Crippen LogP contribution in [0.15, 0.2) is 24.3 Å². The maximum atomic E-state index is 11.8. The molecule has 0 aromatic heterocycles. The standard InChI is InChI=1S/C10H10F2O3.C2H6/c1-14-9(13)6-7-2-4-8(5-3-7)15-10(11)12;1-2/h2-5,10H,6H2,1H3;1-2H3. The molecule has 0 fully saturated rings. The van der Waals surface area contributed by atoms with E-state index in [1.807, 2.05) is 13.8 Å². The van der Waals surface area contributed by atoms with Crippen LogP contribution in [0.3, 0.4) is 0 Å². The van der Waals surface area contributed by atoms with Crippen LogP contribution in [0.2, 0.25) is 0 Å². The Morgan fingerprint density at radius 1 is 1.24 bits per heavy atom. The van der Waals surface area contributed by atoms with Crippen LogP contribution in [-0.2, 0) is 16.0 Å². The summed E-state index contributed by atoms with van der Waals surface area (Å²) < 4.78 is 32.2. The van der Waals surface area contributed by atoms with E-state index in [1.165, 1.54) is 31.4 Å². The Labute approximate surface area is 99.3 Å². The van der Waals surface area contributed by atoms with Crippen LogP contribution < -0.4 is 4.74 Å². The molecule has 1 aromatic carbocycles. The van der Waals surface area contributed by atoms with Crippen LogP contribution in [0, 0.1) is 0 Å². The Bertz CT molecular complexity index is 323. The number of rotatable bonds is 4. The summed E-state index contributed by atoms with van der Waals surface area (Å²) >= 11 is 0. The maximum absolute atomic E-state index is 11.8. The van der Waals surface area contributed by atoms with E-state index in [-0.39, 0.29) is 18.1 Å². The quantitative estimate of drug-likeness (QED) is 0.766. The molecule has 0 aliphatic carbocycles. The third-order valence-electron chi connectivity index (χ3n) is 1.72. The first kappa shape index (κ1) is 15.3. The third-order valence-corrected chi connectivity index (χ3v) is 1.72. The van der Waals surface area contributed by atoms with E-state index in [2.05, 4.69) is 9.47 Å². The van der Waals surface area contributed by atoms with Crippen molar-refractivity contribution in [3.05, 3.63) is 29.8 Å². The molecule has 96 valence electrons. The molecule has 0 bridgehead atoms. The number of ether oxygens (including phenoxy) is 2. The van der Waals surface area contributed by atoms with Gasteiger partial charge in [0.25, 0.3) is 0 Å². The molecule has 0 radical (unpaired) electrons. The van der Waals surface area contributed by atoms with Crippen LogP contribution in [0.4, 0.5) is 8.78 Å². The van der Waals surface area contributed by atoms with Crippen molar-refractivity contribution < 1.29 is 23.0 Å². The molecule has 0 spiro atoms. The van der Waals surface area contributed by atoms with Crippen molar-refractivity contribution in [3.63, 3.8) is 0 Å². The molecular weight excluding hydrogens is 230 g/mol. The van der Waals surface area contributed by atoms with Gasteiger partial charge in [-0.2, -0.15) is 8.78 Å². The van der Waals surface area contributed by atoms with Gasteiger partial charge in [-0.25, -0.2) is 0 Å². The van der Waals surface area contributed by atoms with E-state index in [1.54, 1.807) is 0 Å². The van der Waals surface area contributed by atoms with Gasteiger partial charge in [-0.3, -0.25) is 4.79 Å². The summed E-state index contributed by atoms with van der Waals surface area (Å²) in [6.07, 6.45) is 0.117. The molecule has 17 heavy (non-hydrogen) atoms. The first-order valence-corrected chi connectivity index (χ1v) is 5.22. The highest BCUT2D eigenvalue weighted by Crippen LogP contribution is 2.15. The number of hydrogen-bond donors (Lipinski definition) is 0. The molecule has 5 heteroatoms. The monoisotopic (exact) mass is 246 g/mol. The molecule has 0 unspecified atom stereocenters. The van der Waals surface area contributed by atoms with Crippen molar-refractivity contribution in [2.75, 3.05) is 7.11 Å². The Morgan fingerprint density at radius 3 is 2.18 bits per heavy atom. The lowest BCUT2D eigenvalue weighted by atomic mass is 10.1. The second kappa shape index (κ2) is 8.50. The van der Waals surface area contributed by atoms with Gasteiger partial charge in [0.05, 0.1) is 13.5 Å². The molecular formula is C12H16F2O3. The topological polar surface area (TPSA) is 35.5 Å². The highest BCUT2D eigenvalue weighted by molar-refractivity contribution is 5.72. The molecule has 0 heterocycles. The SMILES string of the molecule is CC.COC(=O)Cc1ccc(OC(F)F)cc1. The molecule has 0 atom stereocenters. The van der Waals surface area contributed by atoms with Gasteiger partial charge in [0.1, 0.15) is 5.75 Å². The second-order valence-electron chi connectivity index (χ2n) is 2.78. The Balaban J connectivity index is 0.00000121. The van der Waals surface area contributed by atoms with Crippen LogP contribution in [0.25, 0.3) is 0 Å². The van der Waals surface area contributed by atoms with Crippen molar-refractivity contribution in [2.24, 2.45) is 0 Å². The van der Waals surface area contributed by atoms with Gasteiger partial charge < -0.3 is 9.47 Å².